The Labute approximate surface area is 159 Å². The second kappa shape index (κ2) is 9.16. The van der Waals surface area contributed by atoms with Crippen molar-refractivity contribution in [1.82, 2.24) is 10.3 Å². The van der Waals surface area contributed by atoms with Gasteiger partial charge in [-0.2, -0.15) is 0 Å². The molecule has 0 saturated carbocycles. The second-order valence-electron chi connectivity index (χ2n) is 6.73. The molecular weight excluding hydrogens is 344 g/mol. The van der Waals surface area contributed by atoms with Crippen LogP contribution >= 0.6 is 0 Å². The zero-order valence-corrected chi connectivity index (χ0v) is 16.2. The Hall–Kier alpha value is -2.89. The fourth-order valence-corrected chi connectivity index (χ4v) is 2.82. The summed E-state index contributed by atoms with van der Waals surface area (Å²) in [6, 6.07) is 9.04. The zero-order chi connectivity index (χ0) is 20.0. The Morgan fingerprint density at radius 3 is 2.41 bits per heavy atom. The van der Waals surface area contributed by atoms with E-state index in [1.807, 2.05) is 32.0 Å². The lowest BCUT2D eigenvalue weighted by atomic mass is 9.98. The molecule has 1 aromatic carbocycles. The van der Waals surface area contributed by atoms with Gasteiger partial charge in [-0.05, 0) is 31.7 Å². The van der Waals surface area contributed by atoms with Crippen LogP contribution in [0.1, 0.15) is 53.7 Å². The third kappa shape index (κ3) is 4.84. The number of nitrogens with one attached hydrogen (secondary N) is 2. The quantitative estimate of drug-likeness (QED) is 0.423. The van der Waals surface area contributed by atoms with Gasteiger partial charge in [0.1, 0.15) is 5.69 Å². The number of aromatic nitrogens is 1. The smallest absolute Gasteiger partial charge is 0.340 e. The summed E-state index contributed by atoms with van der Waals surface area (Å²) in [5.41, 5.74) is 1.94. The van der Waals surface area contributed by atoms with E-state index in [-0.39, 0.29) is 17.9 Å². The fraction of sp³-hybridized carbons (Fsp3) is 0.381. The van der Waals surface area contributed by atoms with Crippen LogP contribution in [0, 0.1) is 12.8 Å². The molecule has 1 aromatic heterocycles. The molecule has 0 spiro atoms. The predicted molar refractivity (Wildman–Crippen MR) is 104 cm³/mol. The third-order valence-electron chi connectivity index (χ3n) is 4.17. The Balaban J connectivity index is 2.44. The summed E-state index contributed by atoms with van der Waals surface area (Å²) in [6.45, 7) is 8.13. The number of benzene rings is 1. The van der Waals surface area contributed by atoms with Crippen molar-refractivity contribution in [1.29, 1.82) is 0 Å². The summed E-state index contributed by atoms with van der Waals surface area (Å²) >= 11 is 0. The van der Waals surface area contributed by atoms with E-state index in [0.717, 1.165) is 6.42 Å². The van der Waals surface area contributed by atoms with E-state index in [9.17, 15) is 14.4 Å². The van der Waals surface area contributed by atoms with Crippen molar-refractivity contribution in [2.45, 2.75) is 34.1 Å². The van der Waals surface area contributed by atoms with Gasteiger partial charge in [-0.25, -0.2) is 4.79 Å². The average Bonchev–Trinajstić information content (AvgIpc) is 2.98. The van der Waals surface area contributed by atoms with Crippen molar-refractivity contribution in [3.8, 4) is 11.1 Å². The van der Waals surface area contributed by atoms with E-state index >= 15 is 0 Å². The molecule has 0 aliphatic carbocycles. The molecule has 0 radical (unpaired) electrons. The van der Waals surface area contributed by atoms with Gasteiger partial charge in [-0.1, -0.05) is 44.2 Å². The molecule has 0 bridgehead atoms. The second-order valence-corrected chi connectivity index (χ2v) is 6.73. The van der Waals surface area contributed by atoms with Crippen molar-refractivity contribution < 1.29 is 19.1 Å². The van der Waals surface area contributed by atoms with Crippen LogP contribution in [-0.2, 0) is 9.53 Å². The standard InChI is InChI=1S/C21H26N2O4/c1-5-27-21(26)16-14(4)23-18(17(16)15-9-7-6-8-10-15)19(24)20(25)22-12-11-13(2)3/h6-10,13,23H,5,11-12H2,1-4H3,(H,22,25). The number of ketones is 1. The number of esters is 1. The highest BCUT2D eigenvalue weighted by molar-refractivity contribution is 6.43. The van der Waals surface area contributed by atoms with Gasteiger partial charge in [0.2, 0.25) is 0 Å². The summed E-state index contributed by atoms with van der Waals surface area (Å²) < 4.78 is 5.14. The van der Waals surface area contributed by atoms with Crippen LogP contribution in [0.4, 0.5) is 0 Å². The van der Waals surface area contributed by atoms with Gasteiger partial charge in [0.05, 0.1) is 12.2 Å². The molecule has 0 fully saturated rings. The molecule has 1 amide bonds. The lowest BCUT2D eigenvalue weighted by molar-refractivity contribution is -0.117. The molecule has 1 heterocycles. The van der Waals surface area contributed by atoms with Crippen LogP contribution in [0.2, 0.25) is 0 Å². The topological polar surface area (TPSA) is 88.3 Å². The Morgan fingerprint density at radius 2 is 1.81 bits per heavy atom. The Kier molecular flexibility index (Phi) is 6.93. The van der Waals surface area contributed by atoms with E-state index < -0.39 is 17.7 Å². The maximum atomic E-state index is 12.8. The number of ether oxygens (including phenoxy) is 1. The molecule has 6 nitrogen and oxygen atoms in total. The Morgan fingerprint density at radius 1 is 1.15 bits per heavy atom. The highest BCUT2D eigenvalue weighted by Gasteiger charge is 2.29. The number of aryl methyl sites for hydroxylation is 1. The van der Waals surface area contributed by atoms with Gasteiger partial charge in [0, 0.05) is 17.8 Å². The molecule has 2 N–H and O–H groups in total. The first-order chi connectivity index (χ1) is 12.9. The number of carbonyl (C=O) groups excluding carboxylic acids is 3. The van der Waals surface area contributed by atoms with Gasteiger partial charge in [0.15, 0.2) is 0 Å². The number of aromatic amines is 1. The minimum atomic E-state index is -0.698. The summed E-state index contributed by atoms with van der Waals surface area (Å²) in [6.07, 6.45) is 0.780. The molecule has 0 saturated heterocycles. The van der Waals surface area contributed by atoms with Crippen molar-refractivity contribution in [2.75, 3.05) is 13.2 Å². The molecule has 0 atom stereocenters. The number of hydrogen-bond donors (Lipinski definition) is 2. The molecule has 0 aliphatic rings. The largest absolute Gasteiger partial charge is 0.462 e. The first-order valence-electron chi connectivity index (χ1n) is 9.14. The number of Topliss-reactive ketones (excluding diaryl/α,β-unsaturated/α-hetero) is 1. The lowest BCUT2D eigenvalue weighted by Gasteiger charge is -2.09. The van der Waals surface area contributed by atoms with Crippen molar-refractivity contribution >= 4 is 17.7 Å². The Bertz CT molecular complexity index is 822. The van der Waals surface area contributed by atoms with Gasteiger partial charge in [-0.15, -0.1) is 0 Å². The molecule has 2 aromatic rings. The predicted octanol–water partition coefficient (Wildman–Crippen LogP) is 3.51. The minimum absolute atomic E-state index is 0.101. The van der Waals surface area contributed by atoms with Crippen LogP contribution in [-0.4, -0.2) is 35.8 Å². The van der Waals surface area contributed by atoms with Gasteiger partial charge < -0.3 is 15.0 Å². The molecule has 27 heavy (non-hydrogen) atoms. The van der Waals surface area contributed by atoms with E-state index in [1.165, 1.54) is 0 Å². The highest BCUT2D eigenvalue weighted by atomic mass is 16.5. The zero-order valence-electron chi connectivity index (χ0n) is 16.2. The van der Waals surface area contributed by atoms with Crippen molar-refractivity contribution in [2.24, 2.45) is 5.92 Å². The fourth-order valence-electron chi connectivity index (χ4n) is 2.82. The minimum Gasteiger partial charge on any atom is -0.462 e. The maximum Gasteiger partial charge on any atom is 0.340 e. The van der Waals surface area contributed by atoms with Crippen LogP contribution in [0.15, 0.2) is 30.3 Å². The molecule has 0 aliphatic heterocycles. The molecule has 6 heteroatoms. The molecule has 2 rings (SSSR count). The summed E-state index contributed by atoms with van der Waals surface area (Å²) in [5.74, 6) is -1.49. The number of rotatable bonds is 8. The van der Waals surface area contributed by atoms with Crippen molar-refractivity contribution in [3.63, 3.8) is 0 Å². The SMILES string of the molecule is CCOC(=O)c1c(C)[nH]c(C(=O)C(=O)NCCC(C)C)c1-c1ccccc1. The maximum absolute atomic E-state index is 12.8. The van der Waals surface area contributed by atoms with Crippen molar-refractivity contribution in [3.05, 3.63) is 47.3 Å². The van der Waals surface area contributed by atoms with Crippen LogP contribution < -0.4 is 5.32 Å². The van der Waals surface area contributed by atoms with Crippen LogP contribution in [0.25, 0.3) is 11.1 Å². The average molecular weight is 370 g/mol. The first-order valence-corrected chi connectivity index (χ1v) is 9.14. The van der Waals surface area contributed by atoms with Crippen LogP contribution in [0.5, 0.6) is 0 Å². The normalized spacial score (nSPS) is 10.7. The monoisotopic (exact) mass is 370 g/mol. The van der Waals surface area contributed by atoms with E-state index in [2.05, 4.69) is 10.3 Å². The molecule has 0 unspecified atom stereocenters. The first kappa shape index (κ1) is 20.4. The number of hydrogen-bond acceptors (Lipinski definition) is 4. The van der Waals surface area contributed by atoms with Gasteiger partial charge in [0.25, 0.3) is 11.7 Å². The van der Waals surface area contributed by atoms with E-state index in [4.69, 9.17) is 4.74 Å². The highest BCUT2D eigenvalue weighted by Crippen LogP contribution is 2.31. The third-order valence-corrected chi connectivity index (χ3v) is 4.17. The van der Waals surface area contributed by atoms with Crippen LogP contribution in [0.3, 0.4) is 0 Å². The summed E-state index contributed by atoms with van der Waals surface area (Å²) in [5, 5.41) is 2.65. The van der Waals surface area contributed by atoms with Gasteiger partial charge in [-0.3, -0.25) is 9.59 Å². The molecule has 144 valence electrons. The summed E-state index contributed by atoms with van der Waals surface area (Å²) in [7, 11) is 0. The number of H-pyrrole nitrogens is 1. The van der Waals surface area contributed by atoms with E-state index in [0.29, 0.717) is 29.3 Å². The van der Waals surface area contributed by atoms with Gasteiger partial charge >= 0.3 is 5.97 Å². The number of carbonyl (C=O) groups is 3. The van der Waals surface area contributed by atoms with E-state index in [1.54, 1.807) is 26.0 Å². The number of amides is 1. The summed E-state index contributed by atoms with van der Waals surface area (Å²) in [4.78, 5) is 40.5. The lowest BCUT2D eigenvalue weighted by Crippen LogP contribution is -2.32. The molecular formula is C21H26N2O4.